The maximum Gasteiger partial charge on any atom is 0.245 e. The van der Waals surface area contributed by atoms with E-state index in [0.29, 0.717) is 6.42 Å². The summed E-state index contributed by atoms with van der Waals surface area (Å²) in [4.78, 5) is 25.1. The Hall–Kier alpha value is -1.50. The first kappa shape index (κ1) is 15.9. The molecule has 0 saturated carbocycles. The lowest BCUT2D eigenvalue weighted by molar-refractivity contribution is -0.134. The molecule has 0 spiro atoms. The lowest BCUT2D eigenvalue weighted by Crippen LogP contribution is -2.44. The largest absolute Gasteiger partial charge is 0.344 e. The van der Waals surface area contributed by atoms with Gasteiger partial charge in [-0.25, -0.2) is 8.78 Å². The van der Waals surface area contributed by atoms with Gasteiger partial charge in [-0.1, -0.05) is 6.92 Å². The van der Waals surface area contributed by atoms with E-state index in [4.69, 9.17) is 0 Å². The lowest BCUT2D eigenvalue weighted by Gasteiger charge is -2.24. The number of carbonyl (C=O) groups excluding carboxylic acids is 2. The van der Waals surface area contributed by atoms with E-state index in [1.807, 2.05) is 0 Å². The Kier molecular flexibility index (Phi) is 4.92. The van der Waals surface area contributed by atoms with Gasteiger partial charge in [-0.3, -0.25) is 9.59 Å². The molecule has 1 aromatic carbocycles. The second-order valence-corrected chi connectivity index (χ2v) is 5.71. The van der Waals surface area contributed by atoms with Crippen LogP contribution in [0.1, 0.15) is 25.3 Å². The van der Waals surface area contributed by atoms with Crippen molar-refractivity contribution >= 4 is 27.7 Å². The van der Waals surface area contributed by atoms with E-state index in [9.17, 15) is 18.4 Å². The normalized spacial score (nSPS) is 19.4. The summed E-state index contributed by atoms with van der Waals surface area (Å²) in [6.45, 7) is 1.72. The van der Waals surface area contributed by atoms with E-state index >= 15 is 0 Å². The molecule has 1 heterocycles. The van der Waals surface area contributed by atoms with Gasteiger partial charge in [0, 0.05) is 18.5 Å². The van der Waals surface area contributed by atoms with Crippen LogP contribution < -0.4 is 5.32 Å². The molecule has 1 unspecified atom stereocenters. The maximum absolute atomic E-state index is 14.0. The molecule has 2 rings (SSSR count). The van der Waals surface area contributed by atoms with Gasteiger partial charge in [0.05, 0.1) is 11.0 Å². The van der Waals surface area contributed by atoms with Gasteiger partial charge in [0.2, 0.25) is 11.8 Å². The van der Waals surface area contributed by atoms with E-state index in [1.54, 1.807) is 6.92 Å². The van der Waals surface area contributed by atoms with Gasteiger partial charge in [-0.15, -0.1) is 0 Å². The summed E-state index contributed by atoms with van der Waals surface area (Å²) in [5.41, 5.74) is -0.179. The van der Waals surface area contributed by atoms with Crippen LogP contribution in [0.5, 0.6) is 0 Å². The topological polar surface area (TPSA) is 49.4 Å². The van der Waals surface area contributed by atoms with Crippen molar-refractivity contribution in [2.75, 3.05) is 6.54 Å². The van der Waals surface area contributed by atoms with Crippen LogP contribution in [-0.4, -0.2) is 29.3 Å². The third kappa shape index (κ3) is 3.40. The first-order valence-electron chi connectivity index (χ1n) is 6.64. The van der Waals surface area contributed by atoms with E-state index < -0.39 is 17.7 Å². The minimum Gasteiger partial charge on any atom is -0.344 e. The van der Waals surface area contributed by atoms with Gasteiger partial charge in [-0.2, -0.15) is 0 Å². The van der Waals surface area contributed by atoms with E-state index in [0.717, 1.165) is 6.07 Å². The summed E-state index contributed by atoms with van der Waals surface area (Å²) < 4.78 is 27.9. The van der Waals surface area contributed by atoms with Gasteiger partial charge < -0.3 is 10.2 Å². The first-order chi connectivity index (χ1) is 9.93. The number of amides is 2. The molecule has 0 radical (unpaired) electrons. The summed E-state index contributed by atoms with van der Waals surface area (Å²) in [5.74, 6) is -1.98. The van der Waals surface area contributed by atoms with Crippen molar-refractivity contribution in [1.29, 1.82) is 0 Å². The van der Waals surface area contributed by atoms with Crippen molar-refractivity contribution in [1.82, 2.24) is 10.2 Å². The lowest BCUT2D eigenvalue weighted by atomic mass is 10.1. The van der Waals surface area contributed by atoms with Crippen LogP contribution in [-0.2, 0) is 16.1 Å². The molecule has 1 N–H and O–H groups in total. The van der Waals surface area contributed by atoms with Gasteiger partial charge in [0.25, 0.3) is 0 Å². The van der Waals surface area contributed by atoms with E-state index in [-0.39, 0.29) is 41.4 Å². The number of carbonyl (C=O) groups is 2. The second kappa shape index (κ2) is 6.51. The van der Waals surface area contributed by atoms with E-state index in [2.05, 4.69) is 21.2 Å². The van der Waals surface area contributed by atoms with Crippen LogP contribution in [0.4, 0.5) is 8.78 Å². The zero-order valence-electron chi connectivity index (χ0n) is 11.5. The third-order valence-corrected chi connectivity index (χ3v) is 4.06. The summed E-state index contributed by atoms with van der Waals surface area (Å²) in [7, 11) is 0. The Morgan fingerprint density at radius 1 is 1.38 bits per heavy atom. The number of benzene rings is 1. The number of halogens is 3. The fraction of sp³-hybridized carbons (Fsp3) is 0.429. The number of nitrogens with one attached hydrogen (secondary N) is 1. The van der Waals surface area contributed by atoms with Crippen molar-refractivity contribution in [3.05, 3.63) is 33.8 Å². The number of hydrogen-bond donors (Lipinski definition) is 1. The molecule has 0 bridgehead atoms. The SMILES string of the molecule is CCC1NC(=O)CCN(Cc2c(F)ccc(Br)c2F)C1=O. The van der Waals surface area contributed by atoms with Crippen molar-refractivity contribution < 1.29 is 18.4 Å². The molecule has 1 aliphatic heterocycles. The fourth-order valence-electron chi connectivity index (χ4n) is 2.23. The molecule has 1 fully saturated rings. The van der Waals surface area contributed by atoms with Crippen LogP contribution in [0, 0.1) is 11.6 Å². The minimum atomic E-state index is -0.723. The Bertz CT molecular complexity index is 580. The summed E-state index contributed by atoms with van der Waals surface area (Å²) in [6, 6.07) is 1.78. The zero-order chi connectivity index (χ0) is 15.6. The molecule has 21 heavy (non-hydrogen) atoms. The summed E-state index contributed by atoms with van der Waals surface area (Å²) in [5, 5.41) is 2.61. The third-order valence-electron chi connectivity index (χ3n) is 3.45. The highest BCUT2D eigenvalue weighted by Crippen LogP contribution is 2.23. The standard InChI is InChI=1S/C14H15BrF2N2O2/c1-2-11-14(21)19(6-5-12(20)18-11)7-8-10(16)4-3-9(15)13(8)17/h3-4,11H,2,5-7H2,1H3,(H,18,20). The highest BCUT2D eigenvalue weighted by atomic mass is 79.9. The van der Waals surface area contributed by atoms with Crippen LogP contribution in [0.3, 0.4) is 0 Å². The number of rotatable bonds is 3. The Labute approximate surface area is 129 Å². The monoisotopic (exact) mass is 360 g/mol. The molecule has 1 saturated heterocycles. The number of nitrogens with zero attached hydrogens (tertiary/aromatic N) is 1. The number of hydrogen-bond acceptors (Lipinski definition) is 2. The molecule has 2 amide bonds. The average molecular weight is 361 g/mol. The van der Waals surface area contributed by atoms with Crippen LogP contribution in [0.2, 0.25) is 0 Å². The highest BCUT2D eigenvalue weighted by Gasteiger charge is 2.29. The highest BCUT2D eigenvalue weighted by molar-refractivity contribution is 9.10. The van der Waals surface area contributed by atoms with Gasteiger partial charge in [0.15, 0.2) is 0 Å². The predicted octanol–water partition coefficient (Wildman–Crippen LogP) is 2.35. The Morgan fingerprint density at radius 3 is 2.76 bits per heavy atom. The van der Waals surface area contributed by atoms with Gasteiger partial charge >= 0.3 is 0 Å². The smallest absolute Gasteiger partial charge is 0.245 e. The van der Waals surface area contributed by atoms with Gasteiger partial charge in [-0.05, 0) is 34.5 Å². The zero-order valence-corrected chi connectivity index (χ0v) is 13.0. The molecular weight excluding hydrogens is 346 g/mol. The molecule has 114 valence electrons. The maximum atomic E-state index is 14.0. The van der Waals surface area contributed by atoms with Crippen molar-refractivity contribution in [3.63, 3.8) is 0 Å². The quantitative estimate of drug-likeness (QED) is 0.841. The Balaban J connectivity index is 2.27. The van der Waals surface area contributed by atoms with Crippen LogP contribution in [0.25, 0.3) is 0 Å². The molecule has 1 aliphatic rings. The molecule has 4 nitrogen and oxygen atoms in total. The molecule has 0 aromatic heterocycles. The van der Waals surface area contributed by atoms with Crippen molar-refractivity contribution in [2.24, 2.45) is 0 Å². The predicted molar refractivity (Wildman–Crippen MR) is 76.3 cm³/mol. The average Bonchev–Trinajstić information content (AvgIpc) is 2.59. The molecule has 1 aromatic rings. The minimum absolute atomic E-state index is 0.124. The van der Waals surface area contributed by atoms with E-state index in [1.165, 1.54) is 11.0 Å². The summed E-state index contributed by atoms with van der Waals surface area (Å²) >= 11 is 3.00. The fourth-order valence-corrected chi connectivity index (χ4v) is 2.61. The molecule has 0 aliphatic carbocycles. The van der Waals surface area contributed by atoms with Crippen molar-refractivity contribution in [2.45, 2.75) is 32.4 Å². The first-order valence-corrected chi connectivity index (χ1v) is 7.43. The summed E-state index contributed by atoms with van der Waals surface area (Å²) in [6.07, 6.45) is 0.560. The molecular formula is C14H15BrF2N2O2. The van der Waals surface area contributed by atoms with Gasteiger partial charge in [0.1, 0.15) is 17.7 Å². The van der Waals surface area contributed by atoms with Crippen LogP contribution in [0.15, 0.2) is 16.6 Å². The molecule has 7 heteroatoms. The van der Waals surface area contributed by atoms with Crippen LogP contribution >= 0.6 is 15.9 Å². The Morgan fingerprint density at radius 2 is 2.10 bits per heavy atom. The molecule has 1 atom stereocenters. The van der Waals surface area contributed by atoms with Crippen molar-refractivity contribution in [3.8, 4) is 0 Å². The second-order valence-electron chi connectivity index (χ2n) is 4.86.